The zero-order chi connectivity index (χ0) is 13.9. The number of primary amides is 1. The fraction of sp³-hybridized carbons (Fsp3) is 0.133. The number of hydrogen-bond acceptors (Lipinski definition) is 3. The molecule has 0 aliphatic carbocycles. The van der Waals surface area contributed by atoms with Gasteiger partial charge in [0, 0.05) is 10.5 Å². The van der Waals surface area contributed by atoms with Crippen LogP contribution in [0.5, 0.6) is 0 Å². The van der Waals surface area contributed by atoms with Crippen LogP contribution in [-0.4, -0.2) is 17.3 Å². The Bertz CT molecular complexity index is 586. The summed E-state index contributed by atoms with van der Waals surface area (Å²) in [5, 5.41) is 10.9. The fourth-order valence-corrected chi connectivity index (χ4v) is 2.70. The van der Waals surface area contributed by atoms with Crippen LogP contribution in [0.15, 0.2) is 59.5 Å². The third kappa shape index (κ3) is 2.37. The molecule has 98 valence electrons. The number of thioether (sulfide) groups is 1. The van der Waals surface area contributed by atoms with Crippen LogP contribution in [0.25, 0.3) is 0 Å². The molecule has 1 unspecified atom stereocenters. The Balaban J connectivity index is 2.67. The molecule has 4 heteroatoms. The maximum atomic E-state index is 11.9. The molecule has 2 aromatic carbocycles. The first-order valence-electron chi connectivity index (χ1n) is 5.82. The van der Waals surface area contributed by atoms with Crippen LogP contribution in [0.4, 0.5) is 0 Å². The van der Waals surface area contributed by atoms with Crippen LogP contribution < -0.4 is 5.73 Å². The average Bonchev–Trinajstić information content (AvgIpc) is 2.47. The zero-order valence-electron chi connectivity index (χ0n) is 10.5. The van der Waals surface area contributed by atoms with Crippen LogP contribution in [0.2, 0.25) is 0 Å². The highest BCUT2D eigenvalue weighted by Gasteiger charge is 2.39. The summed E-state index contributed by atoms with van der Waals surface area (Å²) in [5.41, 5.74) is 4.65. The fourth-order valence-electron chi connectivity index (χ4n) is 2.05. The predicted octanol–water partition coefficient (Wildman–Crippen LogP) is 2.13. The van der Waals surface area contributed by atoms with E-state index in [-0.39, 0.29) is 0 Å². The molecule has 2 rings (SSSR count). The maximum Gasteiger partial charge on any atom is 0.258 e. The molecule has 0 radical (unpaired) electrons. The van der Waals surface area contributed by atoms with Gasteiger partial charge in [-0.05, 0) is 17.9 Å². The van der Waals surface area contributed by atoms with Crippen molar-refractivity contribution in [2.45, 2.75) is 10.5 Å². The van der Waals surface area contributed by atoms with Gasteiger partial charge >= 0.3 is 0 Å². The maximum absolute atomic E-state index is 11.9. The number of hydrogen-bond donors (Lipinski definition) is 2. The van der Waals surface area contributed by atoms with Crippen molar-refractivity contribution in [1.29, 1.82) is 0 Å². The molecule has 3 N–H and O–H groups in total. The minimum Gasteiger partial charge on any atom is -0.372 e. The molecule has 0 fully saturated rings. The van der Waals surface area contributed by atoms with Crippen molar-refractivity contribution in [3.63, 3.8) is 0 Å². The molecular formula is C15H15NO2S. The van der Waals surface area contributed by atoms with E-state index in [0.29, 0.717) is 11.1 Å². The van der Waals surface area contributed by atoms with E-state index in [1.165, 1.54) is 11.8 Å². The lowest BCUT2D eigenvalue weighted by molar-refractivity contribution is -0.133. The van der Waals surface area contributed by atoms with Gasteiger partial charge in [0.05, 0.1) is 0 Å². The first-order valence-corrected chi connectivity index (χ1v) is 7.04. The van der Waals surface area contributed by atoms with Crippen LogP contribution in [-0.2, 0) is 10.4 Å². The molecule has 0 saturated heterocycles. The van der Waals surface area contributed by atoms with Crippen molar-refractivity contribution in [1.82, 2.24) is 0 Å². The number of aliphatic hydroxyl groups is 1. The van der Waals surface area contributed by atoms with Gasteiger partial charge in [0.25, 0.3) is 5.91 Å². The average molecular weight is 273 g/mol. The van der Waals surface area contributed by atoms with Gasteiger partial charge in [0.2, 0.25) is 0 Å². The van der Waals surface area contributed by atoms with E-state index in [9.17, 15) is 9.90 Å². The van der Waals surface area contributed by atoms with Crippen molar-refractivity contribution in [3.05, 3.63) is 65.7 Å². The van der Waals surface area contributed by atoms with E-state index in [1.807, 2.05) is 24.5 Å². The number of carbonyl (C=O) groups excluding carboxylic acids is 1. The van der Waals surface area contributed by atoms with Crippen LogP contribution in [0.3, 0.4) is 0 Å². The second kappa shape index (κ2) is 5.47. The highest BCUT2D eigenvalue weighted by atomic mass is 32.2. The summed E-state index contributed by atoms with van der Waals surface area (Å²) in [7, 11) is 0. The Labute approximate surface area is 116 Å². The first-order chi connectivity index (χ1) is 9.10. The van der Waals surface area contributed by atoms with Gasteiger partial charge in [0.15, 0.2) is 5.60 Å². The number of rotatable bonds is 4. The quantitative estimate of drug-likeness (QED) is 0.839. The summed E-state index contributed by atoms with van der Waals surface area (Å²) in [4.78, 5) is 12.7. The van der Waals surface area contributed by atoms with Gasteiger partial charge in [0.1, 0.15) is 0 Å². The molecule has 0 aliphatic rings. The summed E-state index contributed by atoms with van der Waals surface area (Å²) in [6.45, 7) is 0. The molecular weight excluding hydrogens is 258 g/mol. The van der Waals surface area contributed by atoms with Crippen LogP contribution in [0, 0.1) is 0 Å². The summed E-state index contributed by atoms with van der Waals surface area (Å²) in [6, 6.07) is 16.0. The molecule has 0 bridgehead atoms. The molecule has 0 spiro atoms. The Hall–Kier alpha value is -1.78. The summed E-state index contributed by atoms with van der Waals surface area (Å²) in [6.07, 6.45) is 1.89. The minimum atomic E-state index is -1.80. The largest absolute Gasteiger partial charge is 0.372 e. The third-order valence-electron chi connectivity index (χ3n) is 3.04. The van der Waals surface area contributed by atoms with Crippen molar-refractivity contribution in [2.24, 2.45) is 5.73 Å². The van der Waals surface area contributed by atoms with E-state index >= 15 is 0 Å². The number of nitrogens with two attached hydrogens (primary N) is 1. The van der Waals surface area contributed by atoms with Crippen molar-refractivity contribution in [3.8, 4) is 0 Å². The van der Waals surface area contributed by atoms with Gasteiger partial charge in [-0.25, -0.2) is 0 Å². The molecule has 19 heavy (non-hydrogen) atoms. The lowest BCUT2D eigenvalue weighted by Crippen LogP contribution is -2.42. The number of carbonyl (C=O) groups is 1. The minimum absolute atomic E-state index is 0.476. The second-order valence-electron chi connectivity index (χ2n) is 4.14. The van der Waals surface area contributed by atoms with Gasteiger partial charge in [-0.1, -0.05) is 48.5 Å². The van der Waals surface area contributed by atoms with Gasteiger partial charge in [-0.2, -0.15) is 0 Å². The van der Waals surface area contributed by atoms with Crippen molar-refractivity contribution < 1.29 is 9.90 Å². The molecule has 0 aromatic heterocycles. The van der Waals surface area contributed by atoms with Crippen molar-refractivity contribution in [2.75, 3.05) is 6.26 Å². The van der Waals surface area contributed by atoms with E-state index in [2.05, 4.69) is 0 Å². The van der Waals surface area contributed by atoms with E-state index < -0.39 is 11.5 Å². The van der Waals surface area contributed by atoms with E-state index in [1.54, 1.807) is 36.4 Å². The predicted molar refractivity (Wildman–Crippen MR) is 76.9 cm³/mol. The van der Waals surface area contributed by atoms with Crippen molar-refractivity contribution >= 4 is 17.7 Å². The zero-order valence-corrected chi connectivity index (χ0v) is 11.4. The Morgan fingerprint density at radius 2 is 1.68 bits per heavy atom. The number of benzene rings is 2. The van der Waals surface area contributed by atoms with Gasteiger partial charge in [-0.15, -0.1) is 11.8 Å². The Kier molecular flexibility index (Phi) is 3.93. The second-order valence-corrected chi connectivity index (χ2v) is 4.99. The van der Waals surface area contributed by atoms with E-state index in [4.69, 9.17) is 5.73 Å². The molecule has 0 saturated carbocycles. The summed E-state index contributed by atoms with van der Waals surface area (Å²) >= 11 is 1.47. The standard InChI is InChI=1S/C15H15NO2S/c1-19-13-10-6-5-9-12(13)15(18,14(16)17)11-7-3-2-4-8-11/h2-10,18H,1H3,(H2,16,17). The lowest BCUT2D eigenvalue weighted by Gasteiger charge is -2.27. The molecule has 0 aliphatic heterocycles. The molecule has 3 nitrogen and oxygen atoms in total. The first kappa shape index (κ1) is 13.6. The normalized spacial score (nSPS) is 13.8. The highest BCUT2D eigenvalue weighted by Crippen LogP contribution is 2.35. The molecule has 0 heterocycles. The van der Waals surface area contributed by atoms with Gasteiger partial charge in [-0.3, -0.25) is 4.79 Å². The topological polar surface area (TPSA) is 63.3 Å². The third-order valence-corrected chi connectivity index (χ3v) is 3.84. The Morgan fingerprint density at radius 1 is 1.11 bits per heavy atom. The monoisotopic (exact) mass is 273 g/mol. The highest BCUT2D eigenvalue weighted by molar-refractivity contribution is 7.98. The number of amides is 1. The SMILES string of the molecule is CSc1ccccc1C(O)(C(N)=O)c1ccccc1. The summed E-state index contributed by atoms with van der Waals surface area (Å²) < 4.78 is 0. The van der Waals surface area contributed by atoms with Crippen LogP contribution >= 0.6 is 11.8 Å². The van der Waals surface area contributed by atoms with Gasteiger partial charge < -0.3 is 10.8 Å². The summed E-state index contributed by atoms with van der Waals surface area (Å²) in [5.74, 6) is -0.778. The molecule has 1 amide bonds. The van der Waals surface area contributed by atoms with Crippen LogP contribution in [0.1, 0.15) is 11.1 Å². The smallest absolute Gasteiger partial charge is 0.258 e. The lowest BCUT2D eigenvalue weighted by atomic mass is 9.85. The van der Waals surface area contributed by atoms with E-state index in [0.717, 1.165) is 4.90 Å². The Morgan fingerprint density at radius 3 is 2.26 bits per heavy atom. The molecule has 1 atom stereocenters. The molecule has 2 aromatic rings.